The average molecular weight is 283 g/mol. The first-order chi connectivity index (χ1) is 9.57. The lowest BCUT2D eigenvalue weighted by molar-refractivity contribution is -0.152. The summed E-state index contributed by atoms with van der Waals surface area (Å²) in [6.07, 6.45) is 12.5. The molecular weight excluding hydrogens is 254 g/mol. The molecule has 0 aromatic carbocycles. The molecule has 1 aliphatic carbocycles. The Bertz CT molecular complexity index is 301. The van der Waals surface area contributed by atoms with Gasteiger partial charge in [-0.05, 0) is 12.8 Å². The summed E-state index contributed by atoms with van der Waals surface area (Å²) in [6.45, 7) is 0. The lowest BCUT2D eigenvalue weighted by atomic mass is 9.75. The predicted octanol–water partition coefficient (Wildman–Crippen LogP) is 3.63. The van der Waals surface area contributed by atoms with Gasteiger partial charge >= 0.3 is 5.97 Å². The number of aliphatic carboxylic acids is 1. The zero-order valence-electron chi connectivity index (χ0n) is 12.5. The lowest BCUT2D eigenvalue weighted by Gasteiger charge is -2.28. The summed E-state index contributed by atoms with van der Waals surface area (Å²) in [4.78, 5) is 23.0. The quantitative estimate of drug-likeness (QED) is 0.830. The predicted molar refractivity (Wildman–Crippen MR) is 79.3 cm³/mol. The standard InChI is InChI=1S/C16H29NO3/c17-14(18)13-16(15(19)20)11-9-7-5-3-1-2-4-6-8-10-12-16/h1-13H2,(H2,17,18)(H,19,20). The van der Waals surface area contributed by atoms with E-state index in [1.807, 2.05) is 0 Å². The van der Waals surface area contributed by atoms with Gasteiger partial charge in [0.15, 0.2) is 0 Å². The van der Waals surface area contributed by atoms with E-state index in [1.165, 1.54) is 38.5 Å². The Hall–Kier alpha value is -1.06. The Labute approximate surface area is 122 Å². The monoisotopic (exact) mass is 283 g/mol. The fourth-order valence-corrected chi connectivity index (χ4v) is 3.27. The molecule has 0 atom stereocenters. The van der Waals surface area contributed by atoms with E-state index in [-0.39, 0.29) is 6.42 Å². The molecule has 0 spiro atoms. The van der Waals surface area contributed by atoms with E-state index in [1.54, 1.807) is 0 Å². The van der Waals surface area contributed by atoms with Gasteiger partial charge in [-0.1, -0.05) is 64.2 Å². The number of carboxylic acid groups (broad SMARTS) is 1. The molecule has 0 aromatic heterocycles. The van der Waals surface area contributed by atoms with Crippen LogP contribution in [0.4, 0.5) is 0 Å². The fraction of sp³-hybridized carbons (Fsp3) is 0.875. The highest BCUT2D eigenvalue weighted by Crippen LogP contribution is 2.36. The Morgan fingerprint density at radius 1 is 0.800 bits per heavy atom. The van der Waals surface area contributed by atoms with Gasteiger partial charge in [0, 0.05) is 6.42 Å². The van der Waals surface area contributed by atoms with Gasteiger partial charge in [0.25, 0.3) is 0 Å². The Morgan fingerprint density at radius 3 is 1.45 bits per heavy atom. The van der Waals surface area contributed by atoms with Crippen molar-refractivity contribution < 1.29 is 14.7 Å². The minimum absolute atomic E-state index is 0.0116. The van der Waals surface area contributed by atoms with Gasteiger partial charge < -0.3 is 10.8 Å². The van der Waals surface area contributed by atoms with Crippen LogP contribution >= 0.6 is 0 Å². The minimum atomic E-state index is -0.917. The molecule has 0 aliphatic heterocycles. The molecule has 1 aliphatic rings. The van der Waals surface area contributed by atoms with E-state index in [4.69, 9.17) is 5.73 Å². The van der Waals surface area contributed by atoms with Crippen molar-refractivity contribution in [3.63, 3.8) is 0 Å². The molecule has 1 saturated carbocycles. The first-order valence-corrected chi connectivity index (χ1v) is 8.08. The Kier molecular flexibility index (Phi) is 7.63. The molecule has 1 fully saturated rings. The lowest BCUT2D eigenvalue weighted by Crippen LogP contribution is -2.36. The fourth-order valence-electron chi connectivity index (χ4n) is 3.27. The molecule has 0 heterocycles. The molecule has 20 heavy (non-hydrogen) atoms. The summed E-state index contributed by atoms with van der Waals surface area (Å²) in [5.41, 5.74) is 4.37. The number of nitrogens with two attached hydrogens (primary N) is 1. The number of hydrogen-bond acceptors (Lipinski definition) is 2. The van der Waals surface area contributed by atoms with E-state index < -0.39 is 17.3 Å². The molecule has 1 amide bonds. The van der Waals surface area contributed by atoms with Crippen LogP contribution in [0.15, 0.2) is 0 Å². The molecule has 1 rings (SSSR count). The second-order valence-corrected chi connectivity index (χ2v) is 6.26. The van der Waals surface area contributed by atoms with Gasteiger partial charge in [-0.15, -0.1) is 0 Å². The summed E-state index contributed by atoms with van der Waals surface area (Å²) in [5.74, 6) is -1.33. The van der Waals surface area contributed by atoms with Crippen LogP contribution in [0.1, 0.15) is 83.5 Å². The first kappa shape index (κ1) is 17.0. The van der Waals surface area contributed by atoms with Crippen LogP contribution in [0.2, 0.25) is 0 Å². The second kappa shape index (κ2) is 8.98. The second-order valence-electron chi connectivity index (χ2n) is 6.26. The van der Waals surface area contributed by atoms with Crippen molar-refractivity contribution in [2.45, 2.75) is 83.5 Å². The number of carboxylic acids is 1. The number of carbonyl (C=O) groups is 2. The molecule has 4 nitrogen and oxygen atoms in total. The van der Waals surface area contributed by atoms with Crippen LogP contribution in [0.25, 0.3) is 0 Å². The van der Waals surface area contributed by atoms with Crippen LogP contribution in [0.5, 0.6) is 0 Å². The first-order valence-electron chi connectivity index (χ1n) is 8.08. The van der Waals surface area contributed by atoms with E-state index >= 15 is 0 Å². The number of carbonyl (C=O) groups excluding carboxylic acids is 1. The van der Waals surface area contributed by atoms with Crippen molar-refractivity contribution in [1.82, 2.24) is 0 Å². The zero-order valence-corrected chi connectivity index (χ0v) is 12.5. The van der Waals surface area contributed by atoms with E-state index in [2.05, 4.69) is 0 Å². The summed E-state index contributed by atoms with van der Waals surface area (Å²) < 4.78 is 0. The molecule has 0 unspecified atom stereocenters. The molecule has 0 bridgehead atoms. The zero-order chi connectivity index (χ0) is 14.8. The van der Waals surface area contributed by atoms with Gasteiger partial charge in [0.05, 0.1) is 5.41 Å². The van der Waals surface area contributed by atoms with Crippen LogP contribution in [-0.2, 0) is 9.59 Å². The average Bonchev–Trinajstić information content (AvgIpc) is 2.40. The van der Waals surface area contributed by atoms with Gasteiger partial charge in [-0.25, -0.2) is 0 Å². The van der Waals surface area contributed by atoms with E-state index in [0.717, 1.165) is 25.7 Å². The number of rotatable bonds is 3. The highest BCUT2D eigenvalue weighted by Gasteiger charge is 2.38. The van der Waals surface area contributed by atoms with Gasteiger partial charge in [0.2, 0.25) is 5.91 Å². The maximum atomic E-state index is 11.7. The van der Waals surface area contributed by atoms with Crippen molar-refractivity contribution in [1.29, 1.82) is 0 Å². The summed E-state index contributed by atoms with van der Waals surface area (Å²) >= 11 is 0. The maximum absolute atomic E-state index is 11.7. The van der Waals surface area contributed by atoms with Crippen molar-refractivity contribution in [2.24, 2.45) is 11.1 Å². The normalized spacial score (nSPS) is 22.0. The molecule has 0 aromatic rings. The molecule has 116 valence electrons. The Morgan fingerprint density at radius 2 is 1.15 bits per heavy atom. The number of hydrogen-bond donors (Lipinski definition) is 2. The van der Waals surface area contributed by atoms with Crippen molar-refractivity contribution in [2.75, 3.05) is 0 Å². The van der Waals surface area contributed by atoms with Crippen molar-refractivity contribution >= 4 is 11.9 Å². The summed E-state index contributed by atoms with van der Waals surface area (Å²) in [5, 5.41) is 9.59. The van der Waals surface area contributed by atoms with E-state index in [9.17, 15) is 14.7 Å². The topological polar surface area (TPSA) is 80.4 Å². The van der Waals surface area contributed by atoms with Crippen molar-refractivity contribution in [3.8, 4) is 0 Å². The van der Waals surface area contributed by atoms with Gasteiger partial charge in [-0.3, -0.25) is 9.59 Å². The minimum Gasteiger partial charge on any atom is -0.481 e. The van der Waals surface area contributed by atoms with Gasteiger partial charge in [0.1, 0.15) is 0 Å². The third-order valence-electron chi connectivity index (χ3n) is 4.53. The summed E-state index contributed by atoms with van der Waals surface area (Å²) in [7, 11) is 0. The SMILES string of the molecule is NC(=O)CC1(C(=O)O)CCCCCCCCCCCC1. The Balaban J connectivity index is 2.68. The van der Waals surface area contributed by atoms with Crippen LogP contribution < -0.4 is 5.73 Å². The third kappa shape index (κ3) is 5.93. The smallest absolute Gasteiger partial charge is 0.310 e. The van der Waals surface area contributed by atoms with Crippen LogP contribution in [-0.4, -0.2) is 17.0 Å². The third-order valence-corrected chi connectivity index (χ3v) is 4.53. The highest BCUT2D eigenvalue weighted by molar-refractivity contribution is 5.84. The van der Waals surface area contributed by atoms with E-state index in [0.29, 0.717) is 12.8 Å². The highest BCUT2D eigenvalue weighted by atomic mass is 16.4. The van der Waals surface area contributed by atoms with Gasteiger partial charge in [-0.2, -0.15) is 0 Å². The maximum Gasteiger partial charge on any atom is 0.310 e. The number of primary amides is 1. The number of amides is 1. The molecule has 0 radical (unpaired) electrons. The van der Waals surface area contributed by atoms with Crippen molar-refractivity contribution in [3.05, 3.63) is 0 Å². The van der Waals surface area contributed by atoms with Crippen LogP contribution in [0, 0.1) is 5.41 Å². The molecule has 0 saturated heterocycles. The summed E-state index contributed by atoms with van der Waals surface area (Å²) in [6, 6.07) is 0. The molecular formula is C16H29NO3. The van der Waals surface area contributed by atoms with Crippen LogP contribution in [0.3, 0.4) is 0 Å². The largest absolute Gasteiger partial charge is 0.481 e. The molecule has 3 N–H and O–H groups in total. The molecule has 4 heteroatoms.